The molecule has 114 valence electrons. The monoisotopic (exact) mass is 346 g/mol. The van der Waals surface area contributed by atoms with Gasteiger partial charge in [-0.3, -0.25) is 0 Å². The molecule has 2 aromatic rings. The summed E-state index contributed by atoms with van der Waals surface area (Å²) in [6.45, 7) is 1.95. The number of ether oxygens (including phenoxy) is 1. The van der Waals surface area contributed by atoms with E-state index in [4.69, 9.17) is 22.1 Å². The first-order chi connectivity index (χ1) is 9.83. The Morgan fingerprint density at radius 1 is 1.38 bits per heavy atom. The molecule has 1 aromatic carbocycles. The van der Waals surface area contributed by atoms with Gasteiger partial charge in [0, 0.05) is 17.1 Å². The molecule has 0 saturated heterocycles. The third-order valence-corrected chi connectivity index (χ3v) is 5.56. The number of methoxy groups -OCH3 is 1. The van der Waals surface area contributed by atoms with Crippen molar-refractivity contribution in [3.8, 4) is 5.75 Å². The highest BCUT2D eigenvalue weighted by atomic mass is 35.5. The second kappa shape index (κ2) is 6.23. The molecule has 0 atom stereocenters. The summed E-state index contributed by atoms with van der Waals surface area (Å²) in [4.78, 5) is 0.846. The van der Waals surface area contributed by atoms with Crippen LogP contribution < -0.4 is 15.2 Å². The summed E-state index contributed by atoms with van der Waals surface area (Å²) in [5.74, 6) is 0.262. The Labute approximate surface area is 132 Å². The van der Waals surface area contributed by atoms with Crippen LogP contribution in [0.25, 0.3) is 0 Å². The van der Waals surface area contributed by atoms with Crippen molar-refractivity contribution < 1.29 is 13.2 Å². The van der Waals surface area contributed by atoms with Gasteiger partial charge in [-0.2, -0.15) is 0 Å². The van der Waals surface area contributed by atoms with E-state index in [0.717, 1.165) is 10.4 Å². The normalized spacial score (nSPS) is 11.6. The molecule has 5 nitrogen and oxygen atoms in total. The Balaban J connectivity index is 2.28. The fourth-order valence-electron chi connectivity index (χ4n) is 1.74. The van der Waals surface area contributed by atoms with Gasteiger partial charge in [0.25, 0.3) is 0 Å². The zero-order valence-electron chi connectivity index (χ0n) is 11.5. The molecule has 0 amide bonds. The molecule has 0 bridgehead atoms. The summed E-state index contributed by atoms with van der Waals surface area (Å²) >= 11 is 7.14. The maximum absolute atomic E-state index is 12.4. The first-order valence-corrected chi connectivity index (χ1v) is 8.69. The Morgan fingerprint density at radius 3 is 2.67 bits per heavy atom. The van der Waals surface area contributed by atoms with Gasteiger partial charge >= 0.3 is 0 Å². The third-order valence-electron chi connectivity index (χ3n) is 2.91. The molecule has 0 unspecified atom stereocenters. The van der Waals surface area contributed by atoms with E-state index >= 15 is 0 Å². The number of rotatable bonds is 5. The zero-order chi connectivity index (χ0) is 15.6. The molecule has 8 heteroatoms. The SMILES string of the molecule is COc1cc(C)c(N)cc1S(=O)(=O)NCc1ccc(Cl)s1. The van der Waals surface area contributed by atoms with E-state index in [-0.39, 0.29) is 17.2 Å². The van der Waals surface area contributed by atoms with Crippen LogP contribution in [0.2, 0.25) is 4.34 Å². The van der Waals surface area contributed by atoms with Gasteiger partial charge in [0.1, 0.15) is 10.6 Å². The van der Waals surface area contributed by atoms with E-state index in [1.165, 1.54) is 24.5 Å². The summed E-state index contributed by atoms with van der Waals surface area (Å²) in [5, 5.41) is 0. The molecule has 0 spiro atoms. The number of nitrogen functional groups attached to an aromatic ring is 1. The Bertz CT molecular complexity index is 757. The third kappa shape index (κ3) is 3.68. The number of benzene rings is 1. The van der Waals surface area contributed by atoms with E-state index in [1.807, 2.05) is 0 Å². The van der Waals surface area contributed by atoms with Crippen LogP contribution in [0.3, 0.4) is 0 Å². The summed E-state index contributed by atoms with van der Waals surface area (Å²) in [6.07, 6.45) is 0. The van der Waals surface area contributed by atoms with Crippen LogP contribution in [0.5, 0.6) is 5.75 Å². The number of sulfonamides is 1. The summed E-state index contributed by atoms with van der Waals surface area (Å²) in [7, 11) is -2.30. The fraction of sp³-hybridized carbons (Fsp3) is 0.231. The number of thiophene rings is 1. The van der Waals surface area contributed by atoms with Crippen LogP contribution in [-0.4, -0.2) is 15.5 Å². The van der Waals surface area contributed by atoms with Gasteiger partial charge < -0.3 is 10.5 Å². The first-order valence-electron chi connectivity index (χ1n) is 6.01. The number of hydrogen-bond acceptors (Lipinski definition) is 5. The van der Waals surface area contributed by atoms with Crippen LogP contribution in [0.15, 0.2) is 29.2 Å². The molecule has 1 aromatic heterocycles. The van der Waals surface area contributed by atoms with Gasteiger partial charge in [0.15, 0.2) is 0 Å². The minimum absolute atomic E-state index is 0.0238. The van der Waals surface area contributed by atoms with Crippen molar-refractivity contribution in [2.24, 2.45) is 0 Å². The van der Waals surface area contributed by atoms with Gasteiger partial charge in [-0.05, 0) is 36.8 Å². The second-order valence-electron chi connectivity index (χ2n) is 4.39. The smallest absolute Gasteiger partial charge is 0.244 e. The lowest BCUT2D eigenvalue weighted by molar-refractivity contribution is 0.402. The fourth-order valence-corrected chi connectivity index (χ4v) is 4.05. The van der Waals surface area contributed by atoms with Gasteiger partial charge in [-0.25, -0.2) is 13.1 Å². The van der Waals surface area contributed by atoms with Crippen molar-refractivity contribution in [1.29, 1.82) is 0 Å². The van der Waals surface area contributed by atoms with Gasteiger partial charge in [-0.15, -0.1) is 11.3 Å². The maximum atomic E-state index is 12.4. The van der Waals surface area contributed by atoms with Gasteiger partial charge in [0.05, 0.1) is 11.4 Å². The molecule has 2 rings (SSSR count). The molecular formula is C13H15ClN2O3S2. The second-order valence-corrected chi connectivity index (χ2v) is 7.93. The molecule has 0 aliphatic carbocycles. The Kier molecular flexibility index (Phi) is 4.77. The summed E-state index contributed by atoms with van der Waals surface area (Å²) < 4.78 is 33.0. The highest BCUT2D eigenvalue weighted by Crippen LogP contribution is 2.29. The average Bonchev–Trinajstić information content (AvgIpc) is 2.85. The standard InChI is InChI=1S/C13H15ClN2O3S2/c1-8-5-11(19-2)12(6-10(8)15)21(17,18)16-7-9-3-4-13(14)20-9/h3-6,16H,7,15H2,1-2H3. The number of anilines is 1. The highest BCUT2D eigenvalue weighted by Gasteiger charge is 2.21. The minimum atomic E-state index is -3.72. The molecule has 0 aliphatic heterocycles. The lowest BCUT2D eigenvalue weighted by atomic mass is 10.2. The minimum Gasteiger partial charge on any atom is -0.495 e. The number of hydrogen-bond donors (Lipinski definition) is 2. The lowest BCUT2D eigenvalue weighted by Crippen LogP contribution is -2.23. The predicted molar refractivity (Wildman–Crippen MR) is 85.5 cm³/mol. The van der Waals surface area contributed by atoms with Crippen molar-refractivity contribution in [2.75, 3.05) is 12.8 Å². The molecule has 21 heavy (non-hydrogen) atoms. The summed E-state index contributed by atoms with van der Waals surface area (Å²) in [5.41, 5.74) is 6.95. The van der Waals surface area contributed by atoms with E-state index < -0.39 is 10.0 Å². The van der Waals surface area contributed by atoms with Crippen LogP contribution in [0.1, 0.15) is 10.4 Å². The van der Waals surface area contributed by atoms with Gasteiger partial charge in [0.2, 0.25) is 10.0 Å². The van der Waals surface area contributed by atoms with Crippen molar-refractivity contribution in [3.63, 3.8) is 0 Å². The molecule has 0 radical (unpaired) electrons. The first kappa shape index (κ1) is 16.1. The topological polar surface area (TPSA) is 81.4 Å². The lowest BCUT2D eigenvalue weighted by Gasteiger charge is -2.12. The number of nitrogens with two attached hydrogens (primary N) is 1. The largest absolute Gasteiger partial charge is 0.495 e. The van der Waals surface area contributed by atoms with E-state index in [9.17, 15) is 8.42 Å². The van der Waals surface area contributed by atoms with Crippen molar-refractivity contribution in [2.45, 2.75) is 18.4 Å². The van der Waals surface area contributed by atoms with Crippen LogP contribution in [-0.2, 0) is 16.6 Å². The quantitative estimate of drug-likeness (QED) is 0.816. The van der Waals surface area contributed by atoms with Crippen molar-refractivity contribution in [3.05, 3.63) is 39.0 Å². The Morgan fingerprint density at radius 2 is 2.10 bits per heavy atom. The van der Waals surface area contributed by atoms with Gasteiger partial charge in [-0.1, -0.05) is 11.6 Å². The van der Waals surface area contributed by atoms with Crippen LogP contribution in [0, 0.1) is 6.92 Å². The van der Waals surface area contributed by atoms with E-state index in [0.29, 0.717) is 10.0 Å². The highest BCUT2D eigenvalue weighted by molar-refractivity contribution is 7.89. The molecule has 0 aliphatic rings. The Hall–Kier alpha value is -1.28. The van der Waals surface area contributed by atoms with E-state index in [1.54, 1.807) is 25.1 Å². The summed E-state index contributed by atoms with van der Waals surface area (Å²) in [6, 6.07) is 6.50. The maximum Gasteiger partial charge on any atom is 0.244 e. The van der Waals surface area contributed by atoms with E-state index in [2.05, 4.69) is 4.72 Å². The van der Waals surface area contributed by atoms with Crippen molar-refractivity contribution in [1.82, 2.24) is 4.72 Å². The molecular weight excluding hydrogens is 332 g/mol. The number of halogens is 1. The molecule has 1 heterocycles. The number of aryl methyl sites for hydroxylation is 1. The number of nitrogens with one attached hydrogen (secondary N) is 1. The van der Waals surface area contributed by atoms with Crippen molar-refractivity contribution >= 4 is 38.6 Å². The van der Waals surface area contributed by atoms with Crippen LogP contribution >= 0.6 is 22.9 Å². The molecule has 3 N–H and O–H groups in total. The molecule has 0 saturated carbocycles. The zero-order valence-corrected chi connectivity index (χ0v) is 13.9. The van der Waals surface area contributed by atoms with Crippen LogP contribution in [0.4, 0.5) is 5.69 Å². The predicted octanol–water partition coefficient (Wildman–Crippen LogP) is 2.78. The average molecular weight is 347 g/mol. The molecule has 0 fully saturated rings.